The van der Waals surface area contributed by atoms with Crippen LogP contribution in [0.25, 0.3) is 10.6 Å². The first-order chi connectivity index (χ1) is 6.79. The highest BCUT2D eigenvalue weighted by molar-refractivity contribution is 7.13. The van der Waals surface area contributed by atoms with Crippen LogP contribution in [-0.2, 0) is 0 Å². The Morgan fingerprint density at radius 2 is 2.21 bits per heavy atom. The highest BCUT2D eigenvalue weighted by Crippen LogP contribution is 2.25. The Balaban J connectivity index is 2.52. The van der Waals surface area contributed by atoms with Crippen LogP contribution in [0.3, 0.4) is 0 Å². The molecular formula is C10H8N2OS. The Hall–Kier alpha value is -1.55. The number of carbonyl (C=O) groups excluding carboxylic acids is 1. The fraction of sp³-hybridized carbons (Fsp3) is 0.100. The lowest BCUT2D eigenvalue weighted by molar-refractivity contribution is 0.101. The molecule has 14 heavy (non-hydrogen) atoms. The molecule has 0 spiro atoms. The summed E-state index contributed by atoms with van der Waals surface area (Å²) in [5, 5.41) is 0. The van der Waals surface area contributed by atoms with Crippen LogP contribution < -0.4 is 0 Å². The van der Waals surface area contributed by atoms with Crippen molar-refractivity contribution in [2.75, 3.05) is 0 Å². The van der Waals surface area contributed by atoms with Gasteiger partial charge in [-0.15, -0.1) is 11.3 Å². The van der Waals surface area contributed by atoms with Gasteiger partial charge in [-0.3, -0.25) is 9.78 Å². The summed E-state index contributed by atoms with van der Waals surface area (Å²) in [6.07, 6.45) is 1.71. The molecule has 2 heterocycles. The number of Topliss-reactive ketones (excluding diaryl/α,β-unsaturated/α-hetero) is 1. The van der Waals surface area contributed by atoms with Crippen molar-refractivity contribution in [3.8, 4) is 10.6 Å². The highest BCUT2D eigenvalue weighted by Gasteiger charge is 2.12. The van der Waals surface area contributed by atoms with Crippen molar-refractivity contribution in [3.05, 3.63) is 35.6 Å². The van der Waals surface area contributed by atoms with E-state index in [0.29, 0.717) is 5.69 Å². The van der Waals surface area contributed by atoms with Crippen LogP contribution in [0.4, 0.5) is 0 Å². The van der Waals surface area contributed by atoms with Crippen LogP contribution >= 0.6 is 11.3 Å². The molecule has 2 aromatic heterocycles. The molecule has 0 aliphatic carbocycles. The first-order valence-corrected chi connectivity index (χ1v) is 5.03. The van der Waals surface area contributed by atoms with Gasteiger partial charge in [0, 0.05) is 13.1 Å². The largest absolute Gasteiger partial charge is 0.293 e. The van der Waals surface area contributed by atoms with Crippen molar-refractivity contribution in [2.24, 2.45) is 0 Å². The second kappa shape index (κ2) is 3.67. The van der Waals surface area contributed by atoms with E-state index in [-0.39, 0.29) is 5.78 Å². The minimum absolute atomic E-state index is 0.0214. The van der Waals surface area contributed by atoms with Gasteiger partial charge in [0.25, 0.3) is 0 Å². The predicted molar refractivity (Wildman–Crippen MR) is 55.3 cm³/mol. The number of nitrogens with zero attached hydrogens (tertiary/aromatic N) is 2. The second-order valence-corrected chi connectivity index (χ2v) is 3.66. The second-order valence-electron chi connectivity index (χ2n) is 2.80. The standard InChI is InChI=1S/C10H8N2OS/c1-7(13)9-10(14-6-12-9)8-4-2-3-5-11-8/h2-6H,1H3. The fourth-order valence-corrected chi connectivity index (χ4v) is 1.99. The van der Waals surface area contributed by atoms with Crippen LogP contribution in [0.1, 0.15) is 17.4 Å². The van der Waals surface area contributed by atoms with Gasteiger partial charge in [0.15, 0.2) is 5.78 Å². The molecule has 0 amide bonds. The van der Waals surface area contributed by atoms with E-state index in [2.05, 4.69) is 9.97 Å². The summed E-state index contributed by atoms with van der Waals surface area (Å²) < 4.78 is 0. The molecule has 2 rings (SSSR count). The average Bonchev–Trinajstić information content (AvgIpc) is 2.67. The summed E-state index contributed by atoms with van der Waals surface area (Å²) in [6.45, 7) is 1.52. The summed E-state index contributed by atoms with van der Waals surface area (Å²) in [5.41, 5.74) is 2.98. The first kappa shape index (κ1) is 9.02. The lowest BCUT2D eigenvalue weighted by Crippen LogP contribution is -1.94. The van der Waals surface area contributed by atoms with Gasteiger partial charge in [-0.1, -0.05) is 6.07 Å². The van der Waals surface area contributed by atoms with Gasteiger partial charge in [-0.25, -0.2) is 4.98 Å². The van der Waals surface area contributed by atoms with Gasteiger partial charge >= 0.3 is 0 Å². The third-order valence-electron chi connectivity index (χ3n) is 1.80. The fourth-order valence-electron chi connectivity index (χ4n) is 1.18. The average molecular weight is 204 g/mol. The van der Waals surface area contributed by atoms with Crippen LogP contribution in [0.5, 0.6) is 0 Å². The van der Waals surface area contributed by atoms with E-state index in [1.807, 2.05) is 18.2 Å². The maximum atomic E-state index is 11.2. The Morgan fingerprint density at radius 1 is 1.36 bits per heavy atom. The maximum absolute atomic E-state index is 11.2. The quantitative estimate of drug-likeness (QED) is 0.705. The molecule has 0 fully saturated rings. The monoisotopic (exact) mass is 204 g/mol. The Labute approximate surface area is 85.5 Å². The number of aromatic nitrogens is 2. The van der Waals surface area contributed by atoms with Crippen molar-refractivity contribution < 1.29 is 4.79 Å². The summed E-state index contributed by atoms with van der Waals surface area (Å²) in [7, 11) is 0. The Morgan fingerprint density at radius 3 is 2.86 bits per heavy atom. The van der Waals surface area contributed by atoms with Crippen molar-refractivity contribution in [3.63, 3.8) is 0 Å². The Kier molecular flexibility index (Phi) is 2.37. The van der Waals surface area contributed by atoms with Crippen LogP contribution in [-0.4, -0.2) is 15.8 Å². The third kappa shape index (κ3) is 1.56. The third-order valence-corrected chi connectivity index (χ3v) is 2.65. The van der Waals surface area contributed by atoms with Crippen LogP contribution in [0.2, 0.25) is 0 Å². The molecule has 0 aliphatic heterocycles. The molecule has 0 N–H and O–H groups in total. The number of carbonyl (C=O) groups is 1. The van der Waals surface area contributed by atoms with E-state index in [1.54, 1.807) is 11.7 Å². The van der Waals surface area contributed by atoms with E-state index in [0.717, 1.165) is 10.6 Å². The number of ketones is 1. The molecule has 0 radical (unpaired) electrons. The Bertz CT molecular complexity index is 450. The molecule has 0 saturated carbocycles. The lowest BCUT2D eigenvalue weighted by atomic mass is 10.2. The summed E-state index contributed by atoms with van der Waals surface area (Å²) in [4.78, 5) is 20.3. The molecule has 0 aliphatic rings. The van der Waals surface area contributed by atoms with Gasteiger partial charge in [0.1, 0.15) is 5.69 Å². The lowest BCUT2D eigenvalue weighted by Gasteiger charge is -1.96. The number of pyridine rings is 1. The zero-order chi connectivity index (χ0) is 9.97. The highest BCUT2D eigenvalue weighted by atomic mass is 32.1. The number of hydrogen-bond acceptors (Lipinski definition) is 4. The SMILES string of the molecule is CC(=O)c1ncsc1-c1ccccn1. The van der Waals surface area contributed by atoms with Crippen molar-refractivity contribution in [1.82, 2.24) is 9.97 Å². The van der Waals surface area contributed by atoms with Gasteiger partial charge in [0.05, 0.1) is 16.1 Å². The predicted octanol–water partition coefficient (Wildman–Crippen LogP) is 2.41. The summed E-state index contributed by atoms with van der Waals surface area (Å²) in [5.74, 6) is -0.0214. The van der Waals surface area contributed by atoms with Crippen molar-refractivity contribution in [2.45, 2.75) is 6.92 Å². The molecule has 0 unspecified atom stereocenters. The van der Waals surface area contributed by atoms with E-state index >= 15 is 0 Å². The molecule has 0 bridgehead atoms. The van der Waals surface area contributed by atoms with Gasteiger partial charge in [-0.2, -0.15) is 0 Å². The van der Waals surface area contributed by atoms with Gasteiger partial charge in [-0.05, 0) is 12.1 Å². The molecular weight excluding hydrogens is 196 g/mol. The smallest absolute Gasteiger partial charge is 0.179 e. The minimum atomic E-state index is -0.0214. The van der Waals surface area contributed by atoms with Gasteiger partial charge in [0.2, 0.25) is 0 Å². The van der Waals surface area contributed by atoms with E-state index in [4.69, 9.17) is 0 Å². The minimum Gasteiger partial charge on any atom is -0.293 e. The van der Waals surface area contributed by atoms with Crippen LogP contribution in [0, 0.1) is 0 Å². The number of thiazole rings is 1. The molecule has 70 valence electrons. The van der Waals surface area contributed by atoms with E-state index in [9.17, 15) is 4.79 Å². The molecule has 4 heteroatoms. The summed E-state index contributed by atoms with van der Waals surface area (Å²) in [6, 6.07) is 5.61. The molecule has 0 aromatic carbocycles. The van der Waals surface area contributed by atoms with Crippen molar-refractivity contribution >= 4 is 17.1 Å². The maximum Gasteiger partial charge on any atom is 0.179 e. The van der Waals surface area contributed by atoms with Crippen molar-refractivity contribution in [1.29, 1.82) is 0 Å². The van der Waals surface area contributed by atoms with Gasteiger partial charge < -0.3 is 0 Å². The topological polar surface area (TPSA) is 42.9 Å². The molecule has 2 aromatic rings. The van der Waals surface area contributed by atoms with Crippen LogP contribution in [0.15, 0.2) is 29.9 Å². The van der Waals surface area contributed by atoms with E-state index in [1.165, 1.54) is 18.3 Å². The van der Waals surface area contributed by atoms with E-state index < -0.39 is 0 Å². The first-order valence-electron chi connectivity index (χ1n) is 4.15. The molecule has 0 atom stereocenters. The molecule has 3 nitrogen and oxygen atoms in total. The molecule has 0 saturated heterocycles. The summed E-state index contributed by atoms with van der Waals surface area (Å²) >= 11 is 1.44. The number of rotatable bonds is 2. The normalized spacial score (nSPS) is 10.1. The zero-order valence-corrected chi connectivity index (χ0v) is 8.41. The zero-order valence-electron chi connectivity index (χ0n) is 7.60. The number of hydrogen-bond donors (Lipinski definition) is 0.